The first-order valence-corrected chi connectivity index (χ1v) is 11.4. The Morgan fingerprint density at radius 3 is 2.56 bits per heavy atom. The Morgan fingerprint density at radius 2 is 1.94 bits per heavy atom. The predicted octanol–water partition coefficient (Wildman–Crippen LogP) is 4.97. The molecule has 1 amide bonds. The number of carbonyl (C=O) groups is 2. The number of hydrogen-bond donors (Lipinski definition) is 1. The second kappa shape index (κ2) is 9.15. The van der Waals surface area contributed by atoms with Gasteiger partial charge >= 0.3 is 0 Å². The van der Waals surface area contributed by atoms with Gasteiger partial charge in [-0.2, -0.15) is 0 Å². The minimum Gasteiger partial charge on any atom is -0.507 e. The van der Waals surface area contributed by atoms with E-state index in [9.17, 15) is 14.7 Å². The zero-order valence-corrected chi connectivity index (χ0v) is 18.9. The van der Waals surface area contributed by atoms with Crippen LogP contribution in [0.4, 0.5) is 0 Å². The van der Waals surface area contributed by atoms with Crippen molar-refractivity contribution in [3.63, 3.8) is 0 Å². The van der Waals surface area contributed by atoms with Gasteiger partial charge in [-0.3, -0.25) is 14.6 Å². The molecule has 2 aliphatic rings. The van der Waals surface area contributed by atoms with E-state index in [4.69, 9.17) is 4.74 Å². The van der Waals surface area contributed by atoms with E-state index >= 15 is 0 Å². The molecule has 1 saturated heterocycles. The van der Waals surface area contributed by atoms with Crippen LogP contribution in [0.25, 0.3) is 5.76 Å². The highest BCUT2D eigenvalue weighted by Crippen LogP contribution is 2.43. The van der Waals surface area contributed by atoms with E-state index in [1.165, 1.54) is 0 Å². The molecule has 168 valence electrons. The van der Waals surface area contributed by atoms with Crippen LogP contribution in [0.5, 0.6) is 5.75 Å². The van der Waals surface area contributed by atoms with Crippen molar-refractivity contribution < 1.29 is 19.4 Å². The first-order valence-electron chi connectivity index (χ1n) is 11.4. The Labute approximate surface area is 188 Å². The summed E-state index contributed by atoms with van der Waals surface area (Å²) in [4.78, 5) is 32.4. The Balaban J connectivity index is 1.86. The topological polar surface area (TPSA) is 79.7 Å². The van der Waals surface area contributed by atoms with Crippen molar-refractivity contribution in [1.29, 1.82) is 0 Å². The number of Topliss-reactive ketones (excluding diaryl/α,β-unsaturated/α-hetero) is 1. The molecule has 1 aromatic carbocycles. The molecular formula is C26H30N2O4. The van der Waals surface area contributed by atoms with Crippen LogP contribution in [-0.4, -0.2) is 39.3 Å². The van der Waals surface area contributed by atoms with Gasteiger partial charge in [-0.15, -0.1) is 0 Å². The SMILES string of the molecule is CCOc1ccc(/C(O)=C2/C(=O)C(=O)N(C3CCCC3)C2c2ccccn2)cc1C(C)C. The van der Waals surface area contributed by atoms with E-state index in [2.05, 4.69) is 18.8 Å². The van der Waals surface area contributed by atoms with Gasteiger partial charge in [0.2, 0.25) is 0 Å². The Kier molecular flexibility index (Phi) is 6.31. The lowest BCUT2D eigenvalue weighted by atomic mass is 9.94. The maximum absolute atomic E-state index is 13.2. The Hall–Kier alpha value is -3.15. The summed E-state index contributed by atoms with van der Waals surface area (Å²) in [5.41, 5.74) is 2.15. The second-order valence-corrected chi connectivity index (χ2v) is 8.74. The summed E-state index contributed by atoms with van der Waals surface area (Å²) in [6, 6.07) is 10.1. The zero-order chi connectivity index (χ0) is 22.8. The lowest BCUT2D eigenvalue weighted by Crippen LogP contribution is -2.37. The molecule has 1 aliphatic heterocycles. The number of pyridine rings is 1. The van der Waals surface area contributed by atoms with Crippen molar-refractivity contribution in [1.82, 2.24) is 9.88 Å². The van der Waals surface area contributed by atoms with Crippen molar-refractivity contribution in [3.05, 3.63) is 65.0 Å². The third-order valence-corrected chi connectivity index (χ3v) is 6.37. The molecule has 1 atom stereocenters. The minimum absolute atomic E-state index is 0.0182. The number of aliphatic hydroxyl groups excluding tert-OH is 1. The van der Waals surface area contributed by atoms with Crippen LogP contribution in [-0.2, 0) is 9.59 Å². The molecule has 2 fully saturated rings. The molecule has 4 rings (SSSR count). The number of aliphatic hydroxyl groups is 1. The highest BCUT2D eigenvalue weighted by molar-refractivity contribution is 6.46. The number of ether oxygens (including phenoxy) is 1. The van der Waals surface area contributed by atoms with E-state index < -0.39 is 17.7 Å². The number of aromatic nitrogens is 1. The van der Waals surface area contributed by atoms with Crippen molar-refractivity contribution in [2.45, 2.75) is 64.5 Å². The fraction of sp³-hybridized carbons (Fsp3) is 0.423. The van der Waals surface area contributed by atoms with Gasteiger partial charge < -0.3 is 14.7 Å². The van der Waals surface area contributed by atoms with Crippen LogP contribution in [0.1, 0.15) is 75.2 Å². The molecule has 1 saturated carbocycles. The summed E-state index contributed by atoms with van der Waals surface area (Å²) in [5, 5.41) is 11.3. The molecule has 1 N–H and O–H groups in total. The van der Waals surface area contributed by atoms with E-state index in [1.54, 1.807) is 23.2 Å². The Morgan fingerprint density at radius 1 is 1.19 bits per heavy atom. The number of likely N-dealkylation sites (tertiary alicyclic amines) is 1. The number of hydrogen-bond acceptors (Lipinski definition) is 5. The summed E-state index contributed by atoms with van der Waals surface area (Å²) in [6.07, 6.45) is 5.42. The molecule has 0 bridgehead atoms. The molecule has 1 aliphatic carbocycles. The summed E-state index contributed by atoms with van der Waals surface area (Å²) in [6.45, 7) is 6.57. The van der Waals surface area contributed by atoms with Gasteiger partial charge in [-0.05, 0) is 61.6 Å². The van der Waals surface area contributed by atoms with Gasteiger partial charge in [-0.1, -0.05) is 32.8 Å². The van der Waals surface area contributed by atoms with E-state index in [1.807, 2.05) is 31.2 Å². The van der Waals surface area contributed by atoms with Crippen molar-refractivity contribution >= 4 is 17.4 Å². The molecule has 2 aromatic rings. The van der Waals surface area contributed by atoms with Gasteiger partial charge in [0.1, 0.15) is 17.6 Å². The average molecular weight is 435 g/mol. The normalized spacial score (nSPS) is 21.0. The van der Waals surface area contributed by atoms with Crippen LogP contribution in [0, 0.1) is 0 Å². The fourth-order valence-electron chi connectivity index (χ4n) is 4.83. The largest absolute Gasteiger partial charge is 0.507 e. The predicted molar refractivity (Wildman–Crippen MR) is 122 cm³/mol. The first kappa shape index (κ1) is 22.1. The molecule has 1 unspecified atom stereocenters. The summed E-state index contributed by atoms with van der Waals surface area (Å²) in [5.74, 6) is -0.442. The maximum atomic E-state index is 13.2. The van der Waals surface area contributed by atoms with Gasteiger partial charge in [0, 0.05) is 17.8 Å². The summed E-state index contributed by atoms with van der Waals surface area (Å²) < 4.78 is 5.73. The number of carbonyl (C=O) groups excluding carboxylic acids is 2. The maximum Gasteiger partial charge on any atom is 0.295 e. The second-order valence-electron chi connectivity index (χ2n) is 8.74. The molecule has 1 aromatic heterocycles. The van der Waals surface area contributed by atoms with Crippen molar-refractivity contribution in [2.24, 2.45) is 0 Å². The van der Waals surface area contributed by atoms with Gasteiger partial charge in [-0.25, -0.2) is 0 Å². The molecule has 0 radical (unpaired) electrons. The van der Waals surface area contributed by atoms with Crippen LogP contribution >= 0.6 is 0 Å². The quantitative estimate of drug-likeness (QED) is 0.395. The molecule has 6 nitrogen and oxygen atoms in total. The minimum atomic E-state index is -0.687. The van der Waals surface area contributed by atoms with Crippen LogP contribution in [0.15, 0.2) is 48.2 Å². The van der Waals surface area contributed by atoms with E-state index in [-0.39, 0.29) is 23.3 Å². The highest BCUT2D eigenvalue weighted by Gasteiger charge is 2.49. The van der Waals surface area contributed by atoms with Crippen LogP contribution in [0.3, 0.4) is 0 Å². The zero-order valence-electron chi connectivity index (χ0n) is 18.9. The lowest BCUT2D eigenvalue weighted by molar-refractivity contribution is -0.141. The number of rotatable bonds is 6. The number of nitrogens with zero attached hydrogens (tertiary/aromatic N) is 2. The smallest absolute Gasteiger partial charge is 0.295 e. The lowest BCUT2D eigenvalue weighted by Gasteiger charge is -2.30. The van der Waals surface area contributed by atoms with Crippen molar-refractivity contribution in [2.75, 3.05) is 6.61 Å². The van der Waals surface area contributed by atoms with E-state index in [0.29, 0.717) is 17.9 Å². The monoisotopic (exact) mass is 434 g/mol. The molecule has 2 heterocycles. The van der Waals surface area contributed by atoms with Crippen molar-refractivity contribution in [3.8, 4) is 5.75 Å². The van der Waals surface area contributed by atoms with E-state index in [0.717, 1.165) is 37.0 Å². The molecule has 6 heteroatoms. The fourth-order valence-corrected chi connectivity index (χ4v) is 4.83. The molecule has 32 heavy (non-hydrogen) atoms. The van der Waals surface area contributed by atoms with Crippen LogP contribution < -0.4 is 4.74 Å². The number of amides is 1. The van der Waals surface area contributed by atoms with Crippen LogP contribution in [0.2, 0.25) is 0 Å². The third kappa shape index (κ3) is 3.90. The molecule has 0 spiro atoms. The van der Waals surface area contributed by atoms with Gasteiger partial charge in [0.15, 0.2) is 0 Å². The highest BCUT2D eigenvalue weighted by atomic mass is 16.5. The summed E-state index contributed by atoms with van der Waals surface area (Å²) >= 11 is 0. The average Bonchev–Trinajstić information content (AvgIpc) is 3.41. The number of benzene rings is 1. The number of ketones is 1. The molecular weight excluding hydrogens is 404 g/mol. The standard InChI is InChI=1S/C26H30N2O4/c1-4-32-21-13-12-17(15-19(21)16(2)3)24(29)22-23(20-11-7-8-14-27-20)28(26(31)25(22)30)18-9-5-6-10-18/h7-8,11-16,18,23,29H,4-6,9-10H2,1-3H3/b24-22-. The third-order valence-electron chi connectivity index (χ3n) is 6.37. The summed E-state index contributed by atoms with van der Waals surface area (Å²) in [7, 11) is 0. The Bertz CT molecular complexity index is 1040. The van der Waals surface area contributed by atoms with Gasteiger partial charge in [0.05, 0.1) is 17.9 Å². The van der Waals surface area contributed by atoms with Gasteiger partial charge in [0.25, 0.3) is 11.7 Å². The first-order chi connectivity index (χ1) is 15.4.